The van der Waals surface area contributed by atoms with Gasteiger partial charge >= 0.3 is 0 Å². The van der Waals surface area contributed by atoms with Crippen LogP contribution in [-0.2, 0) is 12.5 Å². The molecule has 2 aromatic rings. The highest BCUT2D eigenvalue weighted by Gasteiger charge is 2.51. The predicted molar refractivity (Wildman–Crippen MR) is 72.4 cm³/mol. The van der Waals surface area contributed by atoms with Crippen molar-refractivity contribution in [3.63, 3.8) is 0 Å². The Morgan fingerprint density at radius 2 is 1.94 bits per heavy atom. The second-order valence-corrected chi connectivity index (χ2v) is 5.12. The zero-order valence-electron chi connectivity index (χ0n) is 10.9. The Morgan fingerprint density at radius 3 is 2.44 bits per heavy atom. The fourth-order valence-electron chi connectivity index (χ4n) is 3.02. The van der Waals surface area contributed by atoms with Gasteiger partial charge in [-0.15, -0.1) is 0 Å². The van der Waals surface area contributed by atoms with Gasteiger partial charge in [-0.25, -0.2) is 0 Å². The van der Waals surface area contributed by atoms with Gasteiger partial charge in [0, 0.05) is 18.7 Å². The molecule has 0 radical (unpaired) electrons. The number of nitrogens with one attached hydrogen (secondary N) is 1. The molecule has 1 aliphatic rings. The summed E-state index contributed by atoms with van der Waals surface area (Å²) in [6.07, 6.45) is 4.36. The van der Waals surface area contributed by atoms with Crippen molar-refractivity contribution in [2.45, 2.75) is 24.3 Å². The molecule has 1 aromatic heterocycles. The third-order valence-corrected chi connectivity index (χ3v) is 4.13. The lowest BCUT2D eigenvalue weighted by Gasteiger charge is -2.27. The summed E-state index contributed by atoms with van der Waals surface area (Å²) >= 11 is 0. The van der Waals surface area contributed by atoms with Crippen LogP contribution < -0.4 is 5.32 Å². The summed E-state index contributed by atoms with van der Waals surface area (Å²) in [5.74, 6) is 0. The lowest BCUT2D eigenvalue weighted by Crippen LogP contribution is -2.31. The molecule has 1 aromatic carbocycles. The van der Waals surface area contributed by atoms with Gasteiger partial charge in [0.05, 0.1) is 11.7 Å². The first-order chi connectivity index (χ1) is 8.78. The van der Waals surface area contributed by atoms with Crippen molar-refractivity contribution in [2.75, 3.05) is 7.05 Å². The fourth-order valence-corrected chi connectivity index (χ4v) is 3.02. The van der Waals surface area contributed by atoms with Crippen molar-refractivity contribution in [1.82, 2.24) is 15.1 Å². The van der Waals surface area contributed by atoms with Gasteiger partial charge in [-0.2, -0.15) is 5.10 Å². The second kappa shape index (κ2) is 4.25. The molecule has 1 unspecified atom stereocenters. The van der Waals surface area contributed by atoms with Crippen LogP contribution >= 0.6 is 0 Å². The largest absolute Gasteiger partial charge is 0.311 e. The molecule has 1 aliphatic carbocycles. The summed E-state index contributed by atoms with van der Waals surface area (Å²) in [5, 5.41) is 7.78. The molecule has 1 N–H and O–H groups in total. The van der Waals surface area contributed by atoms with Crippen molar-refractivity contribution in [3.8, 4) is 0 Å². The molecule has 94 valence electrons. The number of aromatic nitrogens is 2. The molecule has 1 heterocycles. The van der Waals surface area contributed by atoms with E-state index >= 15 is 0 Å². The Hall–Kier alpha value is -1.61. The van der Waals surface area contributed by atoms with Gasteiger partial charge in [-0.1, -0.05) is 30.3 Å². The number of benzene rings is 1. The van der Waals surface area contributed by atoms with Gasteiger partial charge in [0.1, 0.15) is 0 Å². The third-order valence-electron chi connectivity index (χ3n) is 4.13. The molecule has 3 rings (SSSR count). The first kappa shape index (κ1) is 11.5. The number of likely N-dealkylation sites (N-methyl/N-ethyl adjacent to an activating group) is 1. The molecular formula is C15H19N3. The Morgan fingerprint density at radius 1 is 1.22 bits per heavy atom. The van der Waals surface area contributed by atoms with Crippen LogP contribution in [0.25, 0.3) is 0 Å². The van der Waals surface area contributed by atoms with Crippen LogP contribution in [0, 0.1) is 0 Å². The minimum absolute atomic E-state index is 0.254. The van der Waals surface area contributed by atoms with Crippen LogP contribution in [0.5, 0.6) is 0 Å². The van der Waals surface area contributed by atoms with E-state index in [9.17, 15) is 0 Å². The SMILES string of the molecule is CNC(c1ccnn1C)C1(c2ccccc2)CC1. The first-order valence-electron chi connectivity index (χ1n) is 6.48. The summed E-state index contributed by atoms with van der Waals surface area (Å²) in [5.41, 5.74) is 2.95. The molecule has 0 saturated heterocycles. The van der Waals surface area contributed by atoms with E-state index in [-0.39, 0.29) is 5.41 Å². The average molecular weight is 241 g/mol. The summed E-state index contributed by atoms with van der Waals surface area (Å²) in [7, 11) is 4.06. The third kappa shape index (κ3) is 1.66. The minimum Gasteiger partial charge on any atom is -0.311 e. The lowest BCUT2D eigenvalue weighted by molar-refractivity contribution is 0.434. The van der Waals surface area contributed by atoms with Crippen LogP contribution in [0.4, 0.5) is 0 Å². The Balaban J connectivity index is 2.00. The normalized spacial score (nSPS) is 18.6. The van der Waals surface area contributed by atoms with Crippen LogP contribution in [-0.4, -0.2) is 16.8 Å². The summed E-state index contributed by atoms with van der Waals surface area (Å²) in [6.45, 7) is 0. The maximum Gasteiger partial charge on any atom is 0.0587 e. The first-order valence-corrected chi connectivity index (χ1v) is 6.48. The van der Waals surface area contributed by atoms with Gasteiger partial charge < -0.3 is 5.32 Å². The van der Waals surface area contributed by atoms with Gasteiger partial charge in [-0.05, 0) is 31.5 Å². The smallest absolute Gasteiger partial charge is 0.0587 e. The lowest BCUT2D eigenvalue weighted by atomic mass is 9.86. The van der Waals surface area contributed by atoms with Crippen LogP contribution in [0.3, 0.4) is 0 Å². The fraction of sp³-hybridized carbons (Fsp3) is 0.400. The highest BCUT2D eigenvalue weighted by atomic mass is 15.3. The standard InChI is InChI=1S/C15H19N3/c1-16-14(13-8-11-17-18(13)2)15(9-10-15)12-6-4-3-5-7-12/h3-8,11,14,16H,9-10H2,1-2H3. The summed E-state index contributed by atoms with van der Waals surface area (Å²) < 4.78 is 1.98. The maximum absolute atomic E-state index is 4.30. The molecule has 1 saturated carbocycles. The molecular weight excluding hydrogens is 222 g/mol. The quantitative estimate of drug-likeness (QED) is 0.891. The van der Waals surface area contributed by atoms with E-state index in [0.29, 0.717) is 6.04 Å². The van der Waals surface area contributed by atoms with E-state index in [1.807, 2.05) is 25.0 Å². The van der Waals surface area contributed by atoms with Crippen molar-refractivity contribution < 1.29 is 0 Å². The molecule has 1 atom stereocenters. The molecule has 0 bridgehead atoms. The van der Waals surface area contributed by atoms with E-state index in [4.69, 9.17) is 0 Å². The zero-order chi connectivity index (χ0) is 12.6. The van der Waals surface area contributed by atoms with Crippen LogP contribution in [0.15, 0.2) is 42.6 Å². The van der Waals surface area contributed by atoms with E-state index < -0.39 is 0 Å². The molecule has 3 nitrogen and oxygen atoms in total. The number of aryl methyl sites for hydroxylation is 1. The average Bonchev–Trinajstić information content (AvgIpc) is 3.10. The van der Waals surface area contributed by atoms with Gasteiger partial charge in [0.2, 0.25) is 0 Å². The van der Waals surface area contributed by atoms with Crippen molar-refractivity contribution in [3.05, 3.63) is 53.9 Å². The number of hydrogen-bond acceptors (Lipinski definition) is 2. The summed E-state index contributed by atoms with van der Waals surface area (Å²) in [4.78, 5) is 0. The van der Waals surface area contributed by atoms with Crippen molar-refractivity contribution >= 4 is 0 Å². The topological polar surface area (TPSA) is 29.9 Å². The monoisotopic (exact) mass is 241 g/mol. The zero-order valence-corrected chi connectivity index (χ0v) is 10.9. The van der Waals surface area contributed by atoms with Gasteiger partial charge in [0.15, 0.2) is 0 Å². The Labute approximate surface area is 108 Å². The number of hydrogen-bond donors (Lipinski definition) is 1. The van der Waals surface area contributed by atoms with E-state index in [1.165, 1.54) is 24.1 Å². The number of rotatable bonds is 4. The number of nitrogens with zero attached hydrogens (tertiary/aromatic N) is 2. The second-order valence-electron chi connectivity index (χ2n) is 5.12. The molecule has 3 heteroatoms. The molecule has 1 fully saturated rings. The highest BCUT2D eigenvalue weighted by molar-refractivity contribution is 5.36. The Bertz CT molecular complexity index is 526. The summed E-state index contributed by atoms with van der Waals surface area (Å²) in [6, 6.07) is 13.3. The molecule has 0 spiro atoms. The van der Waals surface area contributed by atoms with Gasteiger partial charge in [0.25, 0.3) is 0 Å². The highest BCUT2D eigenvalue weighted by Crippen LogP contribution is 2.56. The predicted octanol–water partition coefficient (Wildman–Crippen LogP) is 2.41. The van der Waals surface area contributed by atoms with Crippen molar-refractivity contribution in [1.29, 1.82) is 0 Å². The van der Waals surface area contributed by atoms with Crippen LogP contribution in [0.1, 0.15) is 30.1 Å². The van der Waals surface area contributed by atoms with E-state index in [1.54, 1.807) is 0 Å². The minimum atomic E-state index is 0.254. The Kier molecular flexibility index (Phi) is 2.71. The van der Waals surface area contributed by atoms with Gasteiger partial charge in [-0.3, -0.25) is 4.68 Å². The van der Waals surface area contributed by atoms with Crippen LogP contribution in [0.2, 0.25) is 0 Å². The van der Waals surface area contributed by atoms with E-state index in [2.05, 4.69) is 46.8 Å². The van der Waals surface area contributed by atoms with Crippen molar-refractivity contribution in [2.24, 2.45) is 7.05 Å². The molecule has 0 aliphatic heterocycles. The molecule has 0 amide bonds. The maximum atomic E-state index is 4.30. The van der Waals surface area contributed by atoms with E-state index in [0.717, 1.165) is 0 Å². The molecule has 18 heavy (non-hydrogen) atoms.